The van der Waals surface area contributed by atoms with E-state index in [1.807, 2.05) is 13.8 Å². The summed E-state index contributed by atoms with van der Waals surface area (Å²) in [5, 5.41) is 2.68. The molecule has 1 rings (SSSR count). The second-order valence-corrected chi connectivity index (χ2v) is 3.77. The van der Waals surface area contributed by atoms with Crippen molar-refractivity contribution in [3.05, 3.63) is 29.8 Å². The number of rotatable bonds is 5. The molecule has 0 aliphatic heterocycles. The van der Waals surface area contributed by atoms with Crippen molar-refractivity contribution in [2.75, 3.05) is 6.61 Å². The lowest BCUT2D eigenvalue weighted by molar-refractivity contribution is -0.123. The van der Waals surface area contributed by atoms with Crippen LogP contribution in [0.3, 0.4) is 0 Å². The molecule has 1 aromatic carbocycles. The Balaban J connectivity index is 2.47. The predicted molar refractivity (Wildman–Crippen MR) is 59.7 cm³/mol. The van der Waals surface area contributed by atoms with Gasteiger partial charge in [0.25, 0.3) is 5.91 Å². The summed E-state index contributed by atoms with van der Waals surface area (Å²) in [6.45, 7) is 3.54. The molecule has 1 amide bonds. The third-order valence-corrected chi connectivity index (χ3v) is 2.23. The molecule has 0 heterocycles. The van der Waals surface area contributed by atoms with Gasteiger partial charge in [-0.1, -0.05) is 6.92 Å². The molecule has 0 aliphatic carbocycles. The fraction of sp³-hybridized carbons (Fsp3) is 0.417. The van der Waals surface area contributed by atoms with E-state index in [-0.39, 0.29) is 24.3 Å². The first-order chi connectivity index (χ1) is 8.01. The van der Waals surface area contributed by atoms with E-state index in [1.165, 1.54) is 0 Å². The number of hydrogen-bond acceptors (Lipinski definition) is 2. The van der Waals surface area contributed by atoms with E-state index >= 15 is 0 Å². The zero-order chi connectivity index (χ0) is 12.8. The minimum atomic E-state index is -0.734. The van der Waals surface area contributed by atoms with Crippen molar-refractivity contribution in [2.24, 2.45) is 0 Å². The van der Waals surface area contributed by atoms with Crippen molar-refractivity contribution in [2.45, 2.75) is 26.3 Å². The van der Waals surface area contributed by atoms with E-state index < -0.39 is 11.6 Å². The number of hydrogen-bond donors (Lipinski definition) is 1. The van der Waals surface area contributed by atoms with Gasteiger partial charge >= 0.3 is 0 Å². The van der Waals surface area contributed by atoms with E-state index in [1.54, 1.807) is 0 Å². The van der Waals surface area contributed by atoms with Crippen LogP contribution in [0.25, 0.3) is 0 Å². The molecule has 0 aromatic heterocycles. The van der Waals surface area contributed by atoms with Crippen molar-refractivity contribution in [3.63, 3.8) is 0 Å². The molecule has 94 valence electrons. The molecular weight excluding hydrogens is 228 g/mol. The van der Waals surface area contributed by atoms with Crippen molar-refractivity contribution < 1.29 is 18.3 Å². The minimum Gasteiger partial charge on any atom is -0.484 e. The fourth-order valence-electron chi connectivity index (χ4n) is 1.18. The normalized spacial score (nSPS) is 12.0. The second kappa shape index (κ2) is 6.18. The summed E-state index contributed by atoms with van der Waals surface area (Å²) >= 11 is 0. The second-order valence-electron chi connectivity index (χ2n) is 3.77. The van der Waals surface area contributed by atoms with Gasteiger partial charge in [-0.3, -0.25) is 4.79 Å². The van der Waals surface area contributed by atoms with Crippen LogP contribution in [-0.4, -0.2) is 18.6 Å². The average molecular weight is 243 g/mol. The van der Waals surface area contributed by atoms with Crippen LogP contribution in [0.5, 0.6) is 5.75 Å². The van der Waals surface area contributed by atoms with Gasteiger partial charge in [-0.15, -0.1) is 0 Å². The molecule has 0 spiro atoms. The quantitative estimate of drug-likeness (QED) is 0.861. The number of ether oxygens (including phenoxy) is 1. The predicted octanol–water partition coefficient (Wildman–Crippen LogP) is 2.26. The summed E-state index contributed by atoms with van der Waals surface area (Å²) in [6, 6.07) is 2.85. The molecule has 1 N–H and O–H groups in total. The van der Waals surface area contributed by atoms with Gasteiger partial charge in [-0.05, 0) is 13.3 Å². The lowest BCUT2D eigenvalue weighted by Crippen LogP contribution is -2.35. The fourth-order valence-corrected chi connectivity index (χ4v) is 1.18. The van der Waals surface area contributed by atoms with Crippen LogP contribution in [0.2, 0.25) is 0 Å². The highest BCUT2D eigenvalue weighted by Gasteiger charge is 2.07. The minimum absolute atomic E-state index is 0.00167. The monoisotopic (exact) mass is 243 g/mol. The lowest BCUT2D eigenvalue weighted by Gasteiger charge is -2.12. The summed E-state index contributed by atoms with van der Waals surface area (Å²) in [5.41, 5.74) is 0. The number of benzene rings is 1. The summed E-state index contributed by atoms with van der Waals surface area (Å²) in [6.07, 6.45) is 0.806. The zero-order valence-corrected chi connectivity index (χ0v) is 9.80. The van der Waals surface area contributed by atoms with Crippen molar-refractivity contribution >= 4 is 5.91 Å². The van der Waals surface area contributed by atoms with Crippen molar-refractivity contribution in [1.82, 2.24) is 5.32 Å². The molecule has 0 bridgehead atoms. The van der Waals surface area contributed by atoms with E-state index in [4.69, 9.17) is 4.74 Å². The van der Waals surface area contributed by atoms with E-state index in [0.29, 0.717) is 0 Å². The van der Waals surface area contributed by atoms with Gasteiger partial charge in [-0.2, -0.15) is 0 Å². The molecule has 17 heavy (non-hydrogen) atoms. The van der Waals surface area contributed by atoms with Crippen LogP contribution in [0.4, 0.5) is 8.78 Å². The number of amides is 1. The van der Waals surface area contributed by atoms with Crippen LogP contribution in [0.15, 0.2) is 18.2 Å². The van der Waals surface area contributed by atoms with Gasteiger partial charge in [0, 0.05) is 24.2 Å². The van der Waals surface area contributed by atoms with Gasteiger partial charge in [0.2, 0.25) is 0 Å². The molecule has 3 nitrogen and oxygen atoms in total. The number of nitrogens with one attached hydrogen (secondary N) is 1. The maximum Gasteiger partial charge on any atom is 0.258 e. The topological polar surface area (TPSA) is 38.3 Å². The summed E-state index contributed by atoms with van der Waals surface area (Å²) < 4.78 is 30.6. The Morgan fingerprint density at radius 2 is 1.94 bits per heavy atom. The summed E-state index contributed by atoms with van der Waals surface area (Å²) in [7, 11) is 0. The van der Waals surface area contributed by atoms with Crippen LogP contribution in [0, 0.1) is 11.6 Å². The third kappa shape index (κ3) is 4.80. The molecule has 1 aromatic rings. The highest BCUT2D eigenvalue weighted by molar-refractivity contribution is 5.77. The number of halogens is 2. The highest BCUT2D eigenvalue weighted by Crippen LogP contribution is 2.14. The molecule has 1 atom stereocenters. The van der Waals surface area contributed by atoms with Gasteiger partial charge in [0.1, 0.15) is 17.4 Å². The first kappa shape index (κ1) is 13.4. The third-order valence-electron chi connectivity index (χ3n) is 2.23. The van der Waals surface area contributed by atoms with Gasteiger partial charge in [-0.25, -0.2) is 8.78 Å². The van der Waals surface area contributed by atoms with Gasteiger partial charge in [0.05, 0.1) is 0 Å². The molecular formula is C12H15F2NO2. The Morgan fingerprint density at radius 1 is 1.35 bits per heavy atom. The summed E-state index contributed by atoms with van der Waals surface area (Å²) in [4.78, 5) is 11.3. The maximum atomic E-state index is 12.8. The molecule has 0 saturated carbocycles. The smallest absolute Gasteiger partial charge is 0.258 e. The molecule has 0 radical (unpaired) electrons. The molecule has 0 fully saturated rings. The zero-order valence-electron chi connectivity index (χ0n) is 9.80. The van der Waals surface area contributed by atoms with Crippen LogP contribution >= 0.6 is 0 Å². The Hall–Kier alpha value is -1.65. The van der Waals surface area contributed by atoms with Crippen molar-refractivity contribution in [3.8, 4) is 5.75 Å². The lowest BCUT2D eigenvalue weighted by atomic mass is 10.2. The van der Waals surface area contributed by atoms with Crippen LogP contribution in [0.1, 0.15) is 20.3 Å². The van der Waals surface area contributed by atoms with Gasteiger partial charge in [0.15, 0.2) is 6.61 Å². The van der Waals surface area contributed by atoms with E-state index in [9.17, 15) is 13.6 Å². The van der Waals surface area contributed by atoms with Crippen LogP contribution < -0.4 is 10.1 Å². The maximum absolute atomic E-state index is 12.8. The van der Waals surface area contributed by atoms with Gasteiger partial charge < -0.3 is 10.1 Å². The molecule has 5 heteroatoms. The Bertz CT molecular complexity index is 376. The Labute approximate surface area is 98.8 Å². The van der Waals surface area contributed by atoms with Crippen molar-refractivity contribution in [1.29, 1.82) is 0 Å². The molecule has 0 saturated heterocycles. The van der Waals surface area contributed by atoms with Crippen LogP contribution in [-0.2, 0) is 4.79 Å². The van der Waals surface area contributed by atoms with E-state index in [2.05, 4.69) is 5.32 Å². The number of carbonyl (C=O) groups excluding carboxylic acids is 1. The Kier molecular flexibility index (Phi) is 4.87. The van der Waals surface area contributed by atoms with E-state index in [0.717, 1.165) is 24.6 Å². The highest BCUT2D eigenvalue weighted by atomic mass is 19.1. The average Bonchev–Trinajstić information content (AvgIpc) is 2.25. The SMILES string of the molecule is CCC(C)NC(=O)COc1cc(F)cc(F)c1. The first-order valence-electron chi connectivity index (χ1n) is 5.39. The largest absolute Gasteiger partial charge is 0.484 e. The standard InChI is InChI=1S/C12H15F2NO2/c1-3-8(2)15-12(16)7-17-11-5-9(13)4-10(14)6-11/h4-6,8H,3,7H2,1-2H3,(H,15,16). The Morgan fingerprint density at radius 3 is 2.47 bits per heavy atom. The number of carbonyl (C=O) groups is 1. The summed E-state index contributed by atoms with van der Waals surface area (Å²) in [5.74, 6) is -1.78. The molecule has 1 unspecified atom stereocenters. The first-order valence-corrected chi connectivity index (χ1v) is 5.39. The molecule has 0 aliphatic rings.